The number of likely N-dealkylation sites (tertiary alicyclic amines) is 1. The Kier molecular flexibility index (Phi) is 10.1. The average Bonchev–Trinajstić information content (AvgIpc) is 3.28. The summed E-state index contributed by atoms with van der Waals surface area (Å²) >= 11 is 0. The summed E-state index contributed by atoms with van der Waals surface area (Å²) in [5.41, 5.74) is 1.25. The molecule has 43 heavy (non-hydrogen) atoms. The first kappa shape index (κ1) is 32.4. The first-order valence-electron chi connectivity index (χ1n) is 13.3. The van der Waals surface area contributed by atoms with Crippen LogP contribution in [-0.2, 0) is 16.6 Å². The van der Waals surface area contributed by atoms with Crippen molar-refractivity contribution in [2.24, 2.45) is 5.14 Å². The Hall–Kier alpha value is -3.55. The number of benzene rings is 2. The highest BCUT2D eigenvalue weighted by molar-refractivity contribution is 7.89. The summed E-state index contributed by atoms with van der Waals surface area (Å²) in [6, 6.07) is 9.69. The van der Waals surface area contributed by atoms with Crippen LogP contribution in [0.2, 0.25) is 0 Å². The quantitative estimate of drug-likeness (QED) is 0.171. The number of methoxy groups -OCH3 is 1. The van der Waals surface area contributed by atoms with Gasteiger partial charge in [0.1, 0.15) is 18.5 Å². The molecule has 0 aliphatic carbocycles. The Morgan fingerprint density at radius 2 is 1.98 bits per heavy atom. The van der Waals surface area contributed by atoms with Crippen LogP contribution in [0.3, 0.4) is 0 Å². The number of primary sulfonamides is 1. The Bertz CT molecular complexity index is 1600. The van der Waals surface area contributed by atoms with Gasteiger partial charge in [0.05, 0.1) is 54.2 Å². The van der Waals surface area contributed by atoms with Gasteiger partial charge >= 0.3 is 6.18 Å². The van der Waals surface area contributed by atoms with Crippen molar-refractivity contribution in [2.45, 2.75) is 42.4 Å². The number of fused-ring (bicyclic) bond motifs is 1. The van der Waals surface area contributed by atoms with Crippen molar-refractivity contribution in [3.05, 3.63) is 48.2 Å². The van der Waals surface area contributed by atoms with Gasteiger partial charge in [-0.05, 0) is 42.7 Å². The van der Waals surface area contributed by atoms with Crippen molar-refractivity contribution < 1.29 is 40.9 Å². The molecule has 1 unspecified atom stereocenters. The van der Waals surface area contributed by atoms with E-state index in [0.717, 1.165) is 4.57 Å². The highest BCUT2D eigenvalue weighted by atomic mass is 32.2. The second kappa shape index (κ2) is 13.4. The number of β-amino-alcohol motifs (C(OH)–C–C–N with tert-alkyl or cyclic N) is 1. The molecule has 4 rings (SSSR count). The molecule has 6 N–H and O–H groups in total. The fourth-order valence-corrected chi connectivity index (χ4v) is 5.51. The number of sulfonamides is 1. The Labute approximate surface area is 246 Å². The lowest BCUT2D eigenvalue weighted by Crippen LogP contribution is -2.50. The van der Waals surface area contributed by atoms with Crippen LogP contribution < -0.4 is 20.5 Å². The van der Waals surface area contributed by atoms with E-state index in [9.17, 15) is 26.7 Å². The number of alkyl halides is 4. The largest absolute Gasteiger partial charge is 0.495 e. The van der Waals surface area contributed by atoms with Gasteiger partial charge < -0.3 is 30.2 Å². The van der Waals surface area contributed by atoms with Gasteiger partial charge in [0.2, 0.25) is 10.0 Å². The monoisotopic (exact) mass is 627 g/mol. The van der Waals surface area contributed by atoms with E-state index in [0.29, 0.717) is 29.7 Å². The molecule has 3 atom stereocenters. The number of aliphatic hydroxyl groups is 2. The summed E-state index contributed by atoms with van der Waals surface area (Å²) in [5.74, 6) is 5.76. The lowest BCUT2D eigenvalue weighted by Gasteiger charge is -2.36. The van der Waals surface area contributed by atoms with E-state index in [1.54, 1.807) is 23.1 Å². The van der Waals surface area contributed by atoms with E-state index in [1.165, 1.54) is 31.4 Å². The number of nitrogens with two attached hydrogens (primary N) is 1. The van der Waals surface area contributed by atoms with E-state index in [-0.39, 0.29) is 41.5 Å². The van der Waals surface area contributed by atoms with Gasteiger partial charge in [0.25, 0.3) is 0 Å². The predicted octanol–water partition coefficient (Wildman–Crippen LogP) is 2.50. The van der Waals surface area contributed by atoms with Crippen molar-refractivity contribution in [1.82, 2.24) is 9.47 Å². The molecule has 234 valence electrons. The number of anilines is 2. The maximum atomic E-state index is 15.0. The molecule has 3 aromatic rings. The molecule has 0 radical (unpaired) electrons. The van der Waals surface area contributed by atoms with E-state index in [1.807, 2.05) is 0 Å². The number of hydrogen-bond donors (Lipinski definition) is 5. The number of aliphatic hydroxyl groups excluding tert-OH is 2. The van der Waals surface area contributed by atoms with Crippen LogP contribution in [-0.4, -0.2) is 92.5 Å². The maximum absolute atomic E-state index is 15.0. The molecule has 0 spiro atoms. The van der Waals surface area contributed by atoms with E-state index >= 15 is 4.39 Å². The molecule has 15 heteroatoms. The highest BCUT2D eigenvalue weighted by Crippen LogP contribution is 2.32. The van der Waals surface area contributed by atoms with Crippen molar-refractivity contribution in [3.63, 3.8) is 0 Å². The van der Waals surface area contributed by atoms with Gasteiger partial charge in [-0.1, -0.05) is 12.0 Å². The highest BCUT2D eigenvalue weighted by Gasteiger charge is 2.32. The number of rotatable bonds is 10. The van der Waals surface area contributed by atoms with Gasteiger partial charge in [-0.25, -0.2) is 17.9 Å². The number of aromatic nitrogens is 1. The molecule has 1 saturated heterocycles. The van der Waals surface area contributed by atoms with E-state index in [2.05, 4.69) is 22.5 Å². The van der Waals surface area contributed by atoms with Gasteiger partial charge in [-0.3, -0.25) is 4.90 Å². The van der Waals surface area contributed by atoms with E-state index in [4.69, 9.17) is 15.0 Å². The minimum Gasteiger partial charge on any atom is -0.495 e. The van der Waals surface area contributed by atoms with Gasteiger partial charge in [0.15, 0.2) is 0 Å². The Balaban J connectivity index is 1.56. The molecule has 10 nitrogen and oxygen atoms in total. The zero-order chi connectivity index (χ0) is 31.4. The number of hydrogen-bond acceptors (Lipinski definition) is 8. The molecular weight excluding hydrogens is 594 g/mol. The second-order valence-electron chi connectivity index (χ2n) is 10.2. The summed E-state index contributed by atoms with van der Waals surface area (Å²) < 4.78 is 85.2. The number of nitrogens with one attached hydrogen (secondary N) is 2. The number of halogens is 4. The molecule has 1 aliphatic heterocycles. The first-order chi connectivity index (χ1) is 20.3. The third kappa shape index (κ3) is 8.30. The molecular formula is C28H33F4N5O5S. The third-order valence-electron chi connectivity index (χ3n) is 7.01. The van der Waals surface area contributed by atoms with Crippen molar-refractivity contribution in [3.8, 4) is 17.6 Å². The zero-order valence-corrected chi connectivity index (χ0v) is 24.1. The minimum absolute atomic E-state index is 0.00316. The first-order valence-corrected chi connectivity index (χ1v) is 14.9. The maximum Gasteiger partial charge on any atom is 0.406 e. The summed E-state index contributed by atoms with van der Waals surface area (Å²) in [6.07, 6.45) is -6.42. The van der Waals surface area contributed by atoms with Gasteiger partial charge in [-0.2, -0.15) is 13.2 Å². The van der Waals surface area contributed by atoms with Crippen LogP contribution in [0.15, 0.2) is 47.4 Å². The second-order valence-corrected chi connectivity index (χ2v) is 11.7. The standard InChI is InChI=1S/C28H33F4N5O5S/c1-42-27-13-20(43(33,40)41)7-8-25(27)34-10-3-4-18-12-21-23(5-2-6-26(21)37(18)17-28(30,31)32)35-24-9-11-36(15-22(24)29)14-19(39)16-38/h2,5-8,12-13,19,22,24,34-35,38-39H,9-11,14-17H2,1H3,(H2,33,40,41)/t19?,22-,24+/m1/s1. The SMILES string of the molecule is COc1cc(S(N)(=O)=O)ccc1NCC#Cc1cc2c(N[C@H]3CCN(CC(O)CO)C[C@H]3F)cccc2n1CC(F)(F)F. The van der Waals surface area contributed by atoms with Gasteiger partial charge in [0, 0.05) is 36.8 Å². The topological polar surface area (TPSA) is 142 Å². The van der Waals surface area contributed by atoms with Crippen molar-refractivity contribution in [1.29, 1.82) is 0 Å². The summed E-state index contributed by atoms with van der Waals surface area (Å²) in [4.78, 5) is 1.57. The molecule has 1 fully saturated rings. The van der Waals surface area contributed by atoms with Crippen LogP contribution in [0.4, 0.5) is 28.9 Å². The molecule has 2 aromatic carbocycles. The van der Waals surface area contributed by atoms with Crippen LogP contribution in [0.1, 0.15) is 12.1 Å². The summed E-state index contributed by atoms with van der Waals surface area (Å²) in [5, 5.41) is 30.4. The summed E-state index contributed by atoms with van der Waals surface area (Å²) in [6.45, 7) is -1.05. The predicted molar refractivity (Wildman–Crippen MR) is 154 cm³/mol. The fourth-order valence-electron chi connectivity index (χ4n) is 4.98. The minimum atomic E-state index is -4.53. The number of piperidine rings is 1. The van der Waals surface area contributed by atoms with E-state index < -0.39 is 47.7 Å². The van der Waals surface area contributed by atoms with Crippen LogP contribution in [0.25, 0.3) is 10.9 Å². The molecule has 1 aliphatic rings. The van der Waals surface area contributed by atoms with Crippen LogP contribution >= 0.6 is 0 Å². The number of nitrogens with zero attached hydrogens (tertiary/aromatic N) is 2. The van der Waals surface area contributed by atoms with Crippen molar-refractivity contribution >= 4 is 32.3 Å². The smallest absolute Gasteiger partial charge is 0.406 e. The van der Waals surface area contributed by atoms with Crippen LogP contribution in [0.5, 0.6) is 5.75 Å². The lowest BCUT2D eigenvalue weighted by molar-refractivity contribution is -0.140. The lowest BCUT2D eigenvalue weighted by atomic mass is 10.0. The number of ether oxygens (including phenoxy) is 1. The molecule has 1 aromatic heterocycles. The molecule has 0 saturated carbocycles. The zero-order valence-electron chi connectivity index (χ0n) is 23.2. The normalized spacial score (nSPS) is 18.6. The molecule has 0 bridgehead atoms. The fraction of sp³-hybridized carbons (Fsp3) is 0.429. The Morgan fingerprint density at radius 3 is 2.63 bits per heavy atom. The van der Waals surface area contributed by atoms with Crippen molar-refractivity contribution in [2.75, 3.05) is 50.5 Å². The van der Waals surface area contributed by atoms with Gasteiger partial charge in [-0.15, -0.1) is 0 Å². The third-order valence-corrected chi connectivity index (χ3v) is 7.93. The van der Waals surface area contributed by atoms with Crippen LogP contribution in [0, 0.1) is 11.8 Å². The summed E-state index contributed by atoms with van der Waals surface area (Å²) in [7, 11) is -2.60. The average molecular weight is 628 g/mol. The molecule has 2 heterocycles. The molecule has 0 amide bonds. The Morgan fingerprint density at radius 1 is 1.21 bits per heavy atom.